The fraction of sp³-hybridized carbons (Fsp3) is 0. The molecular weight excluding hydrogens is 275 g/mol. The standard InChI is InChI=1S/C11H8BrFN2O/c12-8-4-3-5-9(13)10(8)11(16)14-15-6-1-2-7-15/h1-7H,(H,14,16). The number of carbonyl (C=O) groups excluding carboxylic acids is 1. The Bertz CT molecular complexity index is 490. The molecule has 16 heavy (non-hydrogen) atoms. The largest absolute Gasteiger partial charge is 0.274 e. The van der Waals surface area contributed by atoms with E-state index in [4.69, 9.17) is 0 Å². The molecule has 0 fully saturated rings. The molecule has 5 heteroatoms. The summed E-state index contributed by atoms with van der Waals surface area (Å²) in [4.78, 5) is 11.8. The molecule has 1 aromatic carbocycles. The molecule has 0 atom stereocenters. The Labute approximate surface area is 100.0 Å². The van der Waals surface area contributed by atoms with E-state index in [0.717, 1.165) is 0 Å². The van der Waals surface area contributed by atoms with Crippen molar-refractivity contribution >= 4 is 21.8 Å². The molecule has 1 amide bonds. The number of nitrogens with one attached hydrogen (secondary N) is 1. The second kappa shape index (κ2) is 4.49. The average molecular weight is 283 g/mol. The molecule has 0 aliphatic carbocycles. The first kappa shape index (κ1) is 10.9. The van der Waals surface area contributed by atoms with E-state index in [1.54, 1.807) is 30.6 Å². The second-order valence-corrected chi connectivity index (χ2v) is 3.98. The van der Waals surface area contributed by atoms with Gasteiger partial charge in [0, 0.05) is 16.9 Å². The van der Waals surface area contributed by atoms with Crippen LogP contribution in [0.5, 0.6) is 0 Å². The van der Waals surface area contributed by atoms with Crippen LogP contribution in [0.3, 0.4) is 0 Å². The van der Waals surface area contributed by atoms with Crippen molar-refractivity contribution in [3.63, 3.8) is 0 Å². The molecule has 0 radical (unpaired) electrons. The van der Waals surface area contributed by atoms with Crippen LogP contribution in [0.2, 0.25) is 0 Å². The van der Waals surface area contributed by atoms with Crippen LogP contribution in [0.1, 0.15) is 10.4 Å². The van der Waals surface area contributed by atoms with Crippen molar-refractivity contribution in [3.05, 3.63) is 58.6 Å². The quantitative estimate of drug-likeness (QED) is 0.903. The molecule has 0 aliphatic rings. The van der Waals surface area contributed by atoms with E-state index in [-0.39, 0.29) is 5.56 Å². The minimum Gasteiger partial charge on any atom is -0.268 e. The molecule has 0 saturated carbocycles. The van der Waals surface area contributed by atoms with E-state index >= 15 is 0 Å². The third-order valence-electron chi connectivity index (χ3n) is 2.02. The van der Waals surface area contributed by atoms with Gasteiger partial charge in [0.25, 0.3) is 5.91 Å². The smallest absolute Gasteiger partial charge is 0.268 e. The highest BCUT2D eigenvalue weighted by atomic mass is 79.9. The zero-order chi connectivity index (χ0) is 11.5. The van der Waals surface area contributed by atoms with Crippen LogP contribution in [0, 0.1) is 5.82 Å². The first-order chi connectivity index (χ1) is 7.68. The maximum atomic E-state index is 13.4. The SMILES string of the molecule is O=C(Nn1cccc1)c1c(F)cccc1Br. The summed E-state index contributed by atoms with van der Waals surface area (Å²) in [6.45, 7) is 0. The zero-order valence-corrected chi connectivity index (χ0v) is 9.74. The highest BCUT2D eigenvalue weighted by Gasteiger charge is 2.14. The molecule has 0 saturated heterocycles. The third kappa shape index (κ3) is 2.14. The monoisotopic (exact) mass is 282 g/mol. The lowest BCUT2D eigenvalue weighted by atomic mass is 10.2. The lowest BCUT2D eigenvalue weighted by Crippen LogP contribution is -2.22. The molecule has 0 unspecified atom stereocenters. The summed E-state index contributed by atoms with van der Waals surface area (Å²) in [5.74, 6) is -1.06. The number of halogens is 2. The molecule has 1 aromatic heterocycles. The molecule has 1 heterocycles. The molecule has 2 aromatic rings. The second-order valence-electron chi connectivity index (χ2n) is 3.13. The Morgan fingerprint density at radius 1 is 1.25 bits per heavy atom. The van der Waals surface area contributed by atoms with Gasteiger partial charge in [0.05, 0.1) is 5.56 Å². The van der Waals surface area contributed by atoms with Crippen LogP contribution < -0.4 is 5.43 Å². The molecular formula is C11H8BrFN2O. The summed E-state index contributed by atoms with van der Waals surface area (Å²) < 4.78 is 15.3. The van der Waals surface area contributed by atoms with Gasteiger partial charge < -0.3 is 0 Å². The maximum absolute atomic E-state index is 13.4. The fourth-order valence-electron chi connectivity index (χ4n) is 1.30. The van der Waals surface area contributed by atoms with E-state index < -0.39 is 11.7 Å². The van der Waals surface area contributed by atoms with Crippen LogP contribution in [0.4, 0.5) is 4.39 Å². The number of benzene rings is 1. The van der Waals surface area contributed by atoms with Crippen molar-refractivity contribution in [3.8, 4) is 0 Å². The number of hydrogen-bond donors (Lipinski definition) is 1. The van der Waals surface area contributed by atoms with Crippen LogP contribution in [-0.4, -0.2) is 10.6 Å². The fourth-order valence-corrected chi connectivity index (χ4v) is 1.82. The van der Waals surface area contributed by atoms with Gasteiger partial charge in [0.15, 0.2) is 0 Å². The average Bonchev–Trinajstić information content (AvgIpc) is 2.70. The number of rotatable bonds is 2. The minimum atomic E-state index is -0.556. The Morgan fingerprint density at radius 3 is 2.56 bits per heavy atom. The lowest BCUT2D eigenvalue weighted by molar-refractivity contribution is 0.100. The summed E-state index contributed by atoms with van der Waals surface area (Å²) in [6.07, 6.45) is 3.32. The molecule has 0 bridgehead atoms. The van der Waals surface area contributed by atoms with E-state index in [2.05, 4.69) is 21.4 Å². The topological polar surface area (TPSA) is 34.0 Å². The van der Waals surface area contributed by atoms with Crippen molar-refractivity contribution in [2.45, 2.75) is 0 Å². The highest BCUT2D eigenvalue weighted by molar-refractivity contribution is 9.10. The summed E-state index contributed by atoms with van der Waals surface area (Å²) in [5.41, 5.74) is 2.52. The third-order valence-corrected chi connectivity index (χ3v) is 2.69. The Hall–Kier alpha value is -1.62. The van der Waals surface area contributed by atoms with Gasteiger partial charge in [-0.15, -0.1) is 0 Å². The predicted octanol–water partition coefficient (Wildman–Crippen LogP) is 2.77. The minimum absolute atomic E-state index is 0.00352. The molecule has 2 rings (SSSR count). The van der Waals surface area contributed by atoms with Gasteiger partial charge in [-0.05, 0) is 40.2 Å². The van der Waals surface area contributed by atoms with Gasteiger partial charge in [-0.3, -0.25) is 14.9 Å². The molecule has 1 N–H and O–H groups in total. The summed E-state index contributed by atoms with van der Waals surface area (Å²) >= 11 is 3.14. The Kier molecular flexibility index (Phi) is 3.05. The summed E-state index contributed by atoms with van der Waals surface area (Å²) in [7, 11) is 0. The number of aromatic nitrogens is 1. The van der Waals surface area contributed by atoms with Gasteiger partial charge in [-0.2, -0.15) is 0 Å². The number of nitrogens with zero attached hydrogens (tertiary/aromatic N) is 1. The van der Waals surface area contributed by atoms with Crippen LogP contribution >= 0.6 is 15.9 Å². The number of carbonyl (C=O) groups is 1. The summed E-state index contributed by atoms with van der Waals surface area (Å²) in [5, 5.41) is 0. The normalized spacial score (nSPS) is 10.1. The predicted molar refractivity (Wildman–Crippen MR) is 62.2 cm³/mol. The van der Waals surface area contributed by atoms with E-state index in [1.165, 1.54) is 16.8 Å². The molecule has 3 nitrogen and oxygen atoms in total. The van der Waals surface area contributed by atoms with Gasteiger partial charge in [-0.25, -0.2) is 4.39 Å². The number of amides is 1. The van der Waals surface area contributed by atoms with Crippen molar-refractivity contribution in [1.82, 2.24) is 4.68 Å². The maximum Gasteiger partial charge on any atom is 0.274 e. The Balaban J connectivity index is 2.28. The van der Waals surface area contributed by atoms with Crippen LogP contribution in [0.25, 0.3) is 0 Å². The molecule has 82 valence electrons. The van der Waals surface area contributed by atoms with Crippen LogP contribution in [-0.2, 0) is 0 Å². The van der Waals surface area contributed by atoms with Gasteiger partial charge in [-0.1, -0.05) is 6.07 Å². The summed E-state index contributed by atoms with van der Waals surface area (Å²) in [6, 6.07) is 7.92. The van der Waals surface area contributed by atoms with Crippen molar-refractivity contribution in [1.29, 1.82) is 0 Å². The highest BCUT2D eigenvalue weighted by Crippen LogP contribution is 2.19. The van der Waals surface area contributed by atoms with E-state index in [9.17, 15) is 9.18 Å². The zero-order valence-electron chi connectivity index (χ0n) is 8.15. The van der Waals surface area contributed by atoms with Crippen LogP contribution in [0.15, 0.2) is 47.2 Å². The first-order valence-electron chi connectivity index (χ1n) is 4.57. The van der Waals surface area contributed by atoms with Crippen molar-refractivity contribution in [2.75, 3.05) is 5.43 Å². The van der Waals surface area contributed by atoms with Gasteiger partial charge in [0.2, 0.25) is 0 Å². The van der Waals surface area contributed by atoms with Gasteiger partial charge >= 0.3 is 0 Å². The van der Waals surface area contributed by atoms with Crippen molar-refractivity contribution in [2.24, 2.45) is 0 Å². The van der Waals surface area contributed by atoms with Crippen molar-refractivity contribution < 1.29 is 9.18 Å². The number of hydrogen-bond acceptors (Lipinski definition) is 1. The first-order valence-corrected chi connectivity index (χ1v) is 5.36. The van der Waals surface area contributed by atoms with E-state index in [0.29, 0.717) is 4.47 Å². The lowest BCUT2D eigenvalue weighted by Gasteiger charge is -2.08. The molecule has 0 aliphatic heterocycles. The Morgan fingerprint density at radius 2 is 1.94 bits per heavy atom. The van der Waals surface area contributed by atoms with E-state index in [1.807, 2.05) is 0 Å². The van der Waals surface area contributed by atoms with Gasteiger partial charge in [0.1, 0.15) is 5.82 Å². The molecule has 0 spiro atoms.